The number of fused-ring (bicyclic) bond motifs is 1. The Bertz CT molecular complexity index is 1160. The highest BCUT2D eigenvalue weighted by Crippen LogP contribution is 2.31. The first-order valence-electron chi connectivity index (χ1n) is 10.6. The SMILES string of the molecule is CCCc1nc2ccccc2c(C(=O)OCC(=O)Nc2cc(C)c(Cl)cc2OC)c1CC. The summed E-state index contributed by atoms with van der Waals surface area (Å²) >= 11 is 6.12. The second-order valence-corrected chi connectivity index (χ2v) is 7.87. The minimum absolute atomic E-state index is 0.424. The maximum absolute atomic E-state index is 13.1. The van der Waals surface area contributed by atoms with Gasteiger partial charge in [-0.25, -0.2) is 4.79 Å². The zero-order valence-corrected chi connectivity index (χ0v) is 19.5. The maximum atomic E-state index is 13.1. The van der Waals surface area contributed by atoms with Crippen molar-refractivity contribution in [3.8, 4) is 5.75 Å². The highest BCUT2D eigenvalue weighted by Gasteiger charge is 2.21. The summed E-state index contributed by atoms with van der Waals surface area (Å²) in [5, 5.41) is 3.98. The molecule has 2 aromatic carbocycles. The van der Waals surface area contributed by atoms with E-state index >= 15 is 0 Å². The molecule has 7 heteroatoms. The van der Waals surface area contributed by atoms with Crippen molar-refractivity contribution in [2.45, 2.75) is 40.0 Å². The number of carbonyl (C=O) groups is 2. The fourth-order valence-electron chi connectivity index (χ4n) is 3.68. The summed E-state index contributed by atoms with van der Waals surface area (Å²) in [6, 6.07) is 10.8. The number of rotatable bonds is 8. The lowest BCUT2D eigenvalue weighted by Gasteiger charge is -2.16. The van der Waals surface area contributed by atoms with E-state index in [0.717, 1.165) is 40.6 Å². The molecule has 3 rings (SSSR count). The lowest BCUT2D eigenvalue weighted by Crippen LogP contribution is -2.22. The van der Waals surface area contributed by atoms with Crippen molar-refractivity contribution in [2.75, 3.05) is 19.0 Å². The summed E-state index contributed by atoms with van der Waals surface area (Å²) in [6.07, 6.45) is 2.33. The van der Waals surface area contributed by atoms with Crippen LogP contribution >= 0.6 is 11.6 Å². The van der Waals surface area contributed by atoms with Gasteiger partial charge in [0.2, 0.25) is 0 Å². The van der Waals surface area contributed by atoms with Gasteiger partial charge in [0.05, 0.1) is 23.9 Å². The van der Waals surface area contributed by atoms with Gasteiger partial charge in [-0.05, 0) is 43.0 Å². The number of anilines is 1. The molecule has 1 N–H and O–H groups in total. The van der Waals surface area contributed by atoms with Gasteiger partial charge in [-0.2, -0.15) is 0 Å². The van der Waals surface area contributed by atoms with Crippen LogP contribution in [0.3, 0.4) is 0 Å². The van der Waals surface area contributed by atoms with Gasteiger partial charge in [-0.3, -0.25) is 9.78 Å². The number of carbonyl (C=O) groups excluding carboxylic acids is 2. The van der Waals surface area contributed by atoms with E-state index < -0.39 is 18.5 Å². The van der Waals surface area contributed by atoms with Crippen LogP contribution in [0, 0.1) is 6.92 Å². The highest BCUT2D eigenvalue weighted by atomic mass is 35.5. The third-order valence-electron chi connectivity index (χ3n) is 5.21. The molecule has 168 valence electrons. The second kappa shape index (κ2) is 10.5. The zero-order chi connectivity index (χ0) is 23.3. The van der Waals surface area contributed by atoms with Crippen LogP contribution in [0.4, 0.5) is 5.69 Å². The fraction of sp³-hybridized carbons (Fsp3) is 0.320. The number of halogens is 1. The number of pyridine rings is 1. The van der Waals surface area contributed by atoms with E-state index in [1.807, 2.05) is 38.1 Å². The van der Waals surface area contributed by atoms with Crippen molar-refractivity contribution in [1.29, 1.82) is 0 Å². The largest absolute Gasteiger partial charge is 0.495 e. The standard InChI is InChI=1S/C25H27ClN2O4/c1-5-9-19-16(6-2)24(17-10-7-8-11-20(17)27-19)25(30)32-14-23(29)28-21-12-15(3)18(26)13-22(21)31-4/h7-8,10-13H,5-6,9,14H2,1-4H3,(H,28,29). The van der Waals surface area contributed by atoms with E-state index in [9.17, 15) is 9.59 Å². The minimum atomic E-state index is -0.535. The van der Waals surface area contributed by atoms with Crippen molar-refractivity contribution < 1.29 is 19.1 Å². The van der Waals surface area contributed by atoms with Crippen LogP contribution in [0.1, 0.15) is 47.4 Å². The average Bonchev–Trinajstić information content (AvgIpc) is 2.79. The van der Waals surface area contributed by atoms with E-state index in [0.29, 0.717) is 28.4 Å². The summed E-state index contributed by atoms with van der Waals surface area (Å²) in [5.74, 6) is -0.575. The molecule has 1 heterocycles. The Kier molecular flexibility index (Phi) is 7.70. The number of aryl methyl sites for hydroxylation is 2. The Morgan fingerprint density at radius 3 is 2.59 bits per heavy atom. The van der Waals surface area contributed by atoms with Gasteiger partial charge in [-0.1, -0.05) is 50.1 Å². The number of nitrogens with zero attached hydrogens (tertiary/aromatic N) is 1. The Morgan fingerprint density at radius 2 is 1.91 bits per heavy atom. The van der Waals surface area contributed by atoms with Crippen LogP contribution in [-0.2, 0) is 22.4 Å². The summed E-state index contributed by atoms with van der Waals surface area (Å²) in [6.45, 7) is 5.47. The number of benzene rings is 2. The molecule has 6 nitrogen and oxygen atoms in total. The molecule has 1 amide bonds. The molecule has 0 radical (unpaired) electrons. The molecule has 1 aromatic heterocycles. The van der Waals surface area contributed by atoms with E-state index in [4.69, 9.17) is 26.1 Å². The molecule has 3 aromatic rings. The van der Waals surface area contributed by atoms with Crippen LogP contribution in [-0.4, -0.2) is 30.6 Å². The zero-order valence-electron chi connectivity index (χ0n) is 18.8. The van der Waals surface area contributed by atoms with Gasteiger partial charge in [0.15, 0.2) is 6.61 Å². The van der Waals surface area contributed by atoms with Gasteiger partial charge in [0.25, 0.3) is 5.91 Å². The number of hydrogen-bond acceptors (Lipinski definition) is 5. The van der Waals surface area contributed by atoms with Crippen LogP contribution in [0.25, 0.3) is 10.9 Å². The van der Waals surface area contributed by atoms with Crippen molar-refractivity contribution in [2.24, 2.45) is 0 Å². The number of amides is 1. The van der Waals surface area contributed by atoms with E-state index in [1.54, 1.807) is 12.1 Å². The van der Waals surface area contributed by atoms with Crippen LogP contribution in [0.2, 0.25) is 5.02 Å². The predicted molar refractivity (Wildman–Crippen MR) is 127 cm³/mol. The Hall–Kier alpha value is -3.12. The van der Waals surface area contributed by atoms with Gasteiger partial charge in [0.1, 0.15) is 5.75 Å². The monoisotopic (exact) mass is 454 g/mol. The highest BCUT2D eigenvalue weighted by molar-refractivity contribution is 6.31. The third-order valence-corrected chi connectivity index (χ3v) is 5.62. The Morgan fingerprint density at radius 1 is 1.16 bits per heavy atom. The topological polar surface area (TPSA) is 77.5 Å². The van der Waals surface area contributed by atoms with Crippen molar-refractivity contribution >= 4 is 40.1 Å². The number of esters is 1. The molecule has 0 spiro atoms. The molecule has 0 aliphatic rings. The third kappa shape index (κ3) is 5.02. The Labute approximate surface area is 192 Å². The van der Waals surface area contributed by atoms with Crippen molar-refractivity contribution in [3.63, 3.8) is 0 Å². The summed E-state index contributed by atoms with van der Waals surface area (Å²) in [4.78, 5) is 30.4. The number of ether oxygens (including phenoxy) is 2. The van der Waals surface area contributed by atoms with E-state index in [2.05, 4.69) is 12.2 Å². The van der Waals surface area contributed by atoms with E-state index in [1.165, 1.54) is 7.11 Å². The minimum Gasteiger partial charge on any atom is -0.495 e. The molecule has 0 bridgehead atoms. The van der Waals surface area contributed by atoms with Gasteiger partial charge in [-0.15, -0.1) is 0 Å². The van der Waals surface area contributed by atoms with Crippen molar-refractivity contribution in [3.05, 3.63) is 63.8 Å². The average molecular weight is 455 g/mol. The number of nitrogens with one attached hydrogen (secondary N) is 1. The smallest absolute Gasteiger partial charge is 0.339 e. The first-order valence-corrected chi connectivity index (χ1v) is 11.0. The van der Waals surface area contributed by atoms with E-state index in [-0.39, 0.29) is 0 Å². The first-order chi connectivity index (χ1) is 15.4. The summed E-state index contributed by atoms with van der Waals surface area (Å²) in [7, 11) is 1.49. The second-order valence-electron chi connectivity index (χ2n) is 7.46. The molecular formula is C25H27ClN2O4. The number of aromatic nitrogens is 1. The first kappa shape index (κ1) is 23.5. The molecule has 0 saturated heterocycles. The normalized spacial score (nSPS) is 10.8. The lowest BCUT2D eigenvalue weighted by atomic mass is 9.96. The van der Waals surface area contributed by atoms with Gasteiger partial charge < -0.3 is 14.8 Å². The summed E-state index contributed by atoms with van der Waals surface area (Å²) in [5.41, 5.74) is 4.24. The molecule has 0 atom stereocenters. The number of methoxy groups -OCH3 is 1. The molecule has 32 heavy (non-hydrogen) atoms. The maximum Gasteiger partial charge on any atom is 0.339 e. The molecule has 0 unspecified atom stereocenters. The van der Waals surface area contributed by atoms with Crippen LogP contribution in [0.15, 0.2) is 36.4 Å². The van der Waals surface area contributed by atoms with Crippen molar-refractivity contribution in [1.82, 2.24) is 4.98 Å². The number of para-hydroxylation sites is 1. The fourth-order valence-corrected chi connectivity index (χ4v) is 3.83. The quantitative estimate of drug-likeness (QED) is 0.454. The molecule has 0 aliphatic heterocycles. The molecule has 0 aliphatic carbocycles. The van der Waals surface area contributed by atoms with Gasteiger partial charge in [0, 0.05) is 22.2 Å². The predicted octanol–water partition coefficient (Wildman–Crippen LogP) is 5.52. The number of hydrogen-bond donors (Lipinski definition) is 1. The van der Waals surface area contributed by atoms with Gasteiger partial charge >= 0.3 is 5.97 Å². The summed E-state index contributed by atoms with van der Waals surface area (Å²) < 4.78 is 10.7. The molecule has 0 fully saturated rings. The lowest BCUT2D eigenvalue weighted by molar-refractivity contribution is -0.119. The van der Waals surface area contributed by atoms with Crippen LogP contribution in [0.5, 0.6) is 5.75 Å². The van der Waals surface area contributed by atoms with Crippen LogP contribution < -0.4 is 10.1 Å². The molecule has 0 saturated carbocycles. The Balaban J connectivity index is 1.83. The molecular weight excluding hydrogens is 428 g/mol.